The lowest BCUT2D eigenvalue weighted by atomic mass is 9.83. The zero-order chi connectivity index (χ0) is 12.9. The number of hydrogen-bond acceptors (Lipinski definition) is 2. The van der Waals surface area contributed by atoms with Crippen molar-refractivity contribution >= 4 is 0 Å². The molecule has 0 aliphatic rings. The first-order valence-electron chi connectivity index (χ1n) is 6.43. The lowest BCUT2D eigenvalue weighted by molar-refractivity contribution is 0.344. The molecule has 2 heteroatoms. The summed E-state index contributed by atoms with van der Waals surface area (Å²) < 4.78 is 5.25. The van der Waals surface area contributed by atoms with Crippen LogP contribution in [0.25, 0.3) is 0 Å². The molecule has 0 fully saturated rings. The third-order valence-electron chi connectivity index (χ3n) is 3.28. The molecule has 0 saturated carbocycles. The van der Waals surface area contributed by atoms with Gasteiger partial charge in [0.2, 0.25) is 0 Å². The Kier molecular flexibility index (Phi) is 5.01. The Labute approximate surface area is 105 Å². The van der Waals surface area contributed by atoms with Crippen LogP contribution in [0.5, 0.6) is 5.75 Å². The average molecular weight is 235 g/mol. The minimum absolute atomic E-state index is 0.275. The SMILES string of the molecule is CCCC(C)CC(C)(N)c1cccc(OC)c1. The van der Waals surface area contributed by atoms with Crippen molar-refractivity contribution in [2.45, 2.75) is 45.6 Å². The summed E-state index contributed by atoms with van der Waals surface area (Å²) in [7, 11) is 1.69. The van der Waals surface area contributed by atoms with Crippen molar-refractivity contribution in [3.63, 3.8) is 0 Å². The van der Waals surface area contributed by atoms with Crippen molar-refractivity contribution in [1.82, 2.24) is 0 Å². The number of hydrogen-bond donors (Lipinski definition) is 1. The van der Waals surface area contributed by atoms with Crippen molar-refractivity contribution in [3.8, 4) is 5.75 Å². The third kappa shape index (κ3) is 4.04. The van der Waals surface area contributed by atoms with E-state index in [2.05, 4.69) is 26.8 Å². The molecule has 1 aromatic carbocycles. The molecule has 2 nitrogen and oxygen atoms in total. The van der Waals surface area contributed by atoms with Gasteiger partial charge >= 0.3 is 0 Å². The van der Waals surface area contributed by atoms with Crippen LogP contribution >= 0.6 is 0 Å². The van der Waals surface area contributed by atoms with Crippen LogP contribution < -0.4 is 10.5 Å². The van der Waals surface area contributed by atoms with Crippen molar-refractivity contribution < 1.29 is 4.74 Å². The van der Waals surface area contributed by atoms with Crippen LogP contribution in [-0.4, -0.2) is 7.11 Å². The summed E-state index contributed by atoms with van der Waals surface area (Å²) in [5, 5.41) is 0. The fourth-order valence-electron chi connectivity index (χ4n) is 2.41. The summed E-state index contributed by atoms with van der Waals surface area (Å²) in [4.78, 5) is 0. The maximum Gasteiger partial charge on any atom is 0.119 e. The van der Waals surface area contributed by atoms with Crippen molar-refractivity contribution in [1.29, 1.82) is 0 Å². The van der Waals surface area contributed by atoms with Gasteiger partial charge in [0.25, 0.3) is 0 Å². The lowest BCUT2D eigenvalue weighted by Crippen LogP contribution is -2.34. The first-order chi connectivity index (χ1) is 7.99. The van der Waals surface area contributed by atoms with E-state index in [0.717, 1.165) is 17.7 Å². The molecule has 0 heterocycles. The Morgan fingerprint density at radius 3 is 2.71 bits per heavy atom. The molecular weight excluding hydrogens is 210 g/mol. The Morgan fingerprint density at radius 1 is 1.41 bits per heavy atom. The van der Waals surface area contributed by atoms with Crippen LogP contribution in [0.1, 0.15) is 45.6 Å². The molecule has 0 aliphatic carbocycles. The first-order valence-corrected chi connectivity index (χ1v) is 6.43. The number of rotatable bonds is 6. The smallest absolute Gasteiger partial charge is 0.119 e. The molecular formula is C15H25NO. The topological polar surface area (TPSA) is 35.2 Å². The van der Waals surface area contributed by atoms with Gasteiger partial charge in [0, 0.05) is 5.54 Å². The van der Waals surface area contributed by atoms with Gasteiger partial charge in [-0.15, -0.1) is 0 Å². The zero-order valence-electron chi connectivity index (χ0n) is 11.5. The molecule has 2 N–H and O–H groups in total. The van der Waals surface area contributed by atoms with E-state index in [1.165, 1.54) is 12.8 Å². The summed E-state index contributed by atoms with van der Waals surface area (Å²) in [6.45, 7) is 6.60. The number of methoxy groups -OCH3 is 1. The number of nitrogens with two attached hydrogens (primary N) is 1. The first kappa shape index (κ1) is 14.0. The van der Waals surface area contributed by atoms with Gasteiger partial charge in [-0.25, -0.2) is 0 Å². The highest BCUT2D eigenvalue weighted by Gasteiger charge is 2.23. The lowest BCUT2D eigenvalue weighted by Gasteiger charge is -2.29. The largest absolute Gasteiger partial charge is 0.497 e. The van der Waals surface area contributed by atoms with Crippen molar-refractivity contribution in [2.24, 2.45) is 11.7 Å². The molecule has 0 spiro atoms. The Hall–Kier alpha value is -1.02. The van der Waals surface area contributed by atoms with Gasteiger partial charge in [-0.2, -0.15) is 0 Å². The Bertz CT molecular complexity index is 347. The summed E-state index contributed by atoms with van der Waals surface area (Å²) in [6, 6.07) is 8.08. The van der Waals surface area contributed by atoms with Crippen LogP contribution in [0, 0.1) is 5.92 Å². The van der Waals surface area contributed by atoms with Gasteiger partial charge < -0.3 is 10.5 Å². The Morgan fingerprint density at radius 2 is 2.12 bits per heavy atom. The number of ether oxygens (including phenoxy) is 1. The molecule has 0 saturated heterocycles. The van der Waals surface area contributed by atoms with Crippen LogP contribution in [0.4, 0.5) is 0 Å². The normalized spacial score (nSPS) is 16.3. The highest BCUT2D eigenvalue weighted by Crippen LogP contribution is 2.29. The third-order valence-corrected chi connectivity index (χ3v) is 3.28. The summed E-state index contributed by atoms with van der Waals surface area (Å²) in [5.74, 6) is 1.53. The van der Waals surface area contributed by atoms with E-state index in [-0.39, 0.29) is 5.54 Å². The van der Waals surface area contributed by atoms with Gasteiger partial charge in [-0.1, -0.05) is 38.8 Å². The summed E-state index contributed by atoms with van der Waals surface area (Å²) in [6.07, 6.45) is 3.46. The molecule has 1 rings (SSSR count). The van der Waals surface area contributed by atoms with Gasteiger partial charge in [0.15, 0.2) is 0 Å². The molecule has 2 unspecified atom stereocenters. The molecule has 0 bridgehead atoms. The molecule has 0 amide bonds. The second kappa shape index (κ2) is 6.06. The van der Waals surface area contributed by atoms with Crippen LogP contribution in [0.3, 0.4) is 0 Å². The van der Waals surface area contributed by atoms with Crippen molar-refractivity contribution in [2.75, 3.05) is 7.11 Å². The van der Waals surface area contributed by atoms with Crippen LogP contribution in [0.15, 0.2) is 24.3 Å². The number of benzene rings is 1. The predicted molar refractivity (Wildman–Crippen MR) is 73.2 cm³/mol. The highest BCUT2D eigenvalue weighted by molar-refractivity contribution is 5.32. The Balaban J connectivity index is 2.80. The molecule has 0 aromatic heterocycles. The quantitative estimate of drug-likeness (QED) is 0.816. The maximum absolute atomic E-state index is 6.44. The second-order valence-electron chi connectivity index (χ2n) is 5.25. The van der Waals surface area contributed by atoms with E-state index < -0.39 is 0 Å². The molecule has 0 aliphatic heterocycles. The van der Waals surface area contributed by atoms with Crippen LogP contribution in [-0.2, 0) is 5.54 Å². The van der Waals surface area contributed by atoms with Crippen molar-refractivity contribution in [3.05, 3.63) is 29.8 Å². The van der Waals surface area contributed by atoms with E-state index in [9.17, 15) is 0 Å². The van der Waals surface area contributed by atoms with Gasteiger partial charge in [0.05, 0.1) is 7.11 Å². The summed E-state index contributed by atoms with van der Waals surface area (Å²) in [5.41, 5.74) is 7.32. The van der Waals surface area contributed by atoms with Gasteiger partial charge in [-0.3, -0.25) is 0 Å². The molecule has 1 aromatic rings. The fraction of sp³-hybridized carbons (Fsp3) is 0.600. The highest BCUT2D eigenvalue weighted by atomic mass is 16.5. The van der Waals surface area contributed by atoms with E-state index in [1.807, 2.05) is 18.2 Å². The molecule has 0 radical (unpaired) electrons. The predicted octanol–water partition coefficient (Wildman–Crippen LogP) is 3.70. The van der Waals surface area contributed by atoms with E-state index in [0.29, 0.717) is 5.92 Å². The van der Waals surface area contributed by atoms with Gasteiger partial charge in [-0.05, 0) is 37.0 Å². The van der Waals surface area contributed by atoms with Crippen LogP contribution in [0.2, 0.25) is 0 Å². The fourth-order valence-corrected chi connectivity index (χ4v) is 2.41. The average Bonchev–Trinajstić information content (AvgIpc) is 2.28. The summed E-state index contributed by atoms with van der Waals surface area (Å²) >= 11 is 0. The molecule has 2 atom stereocenters. The minimum Gasteiger partial charge on any atom is -0.497 e. The monoisotopic (exact) mass is 235 g/mol. The molecule has 17 heavy (non-hydrogen) atoms. The zero-order valence-corrected chi connectivity index (χ0v) is 11.5. The molecule has 96 valence electrons. The minimum atomic E-state index is -0.275. The van der Waals surface area contributed by atoms with E-state index in [1.54, 1.807) is 7.11 Å². The standard InChI is InChI=1S/C15H25NO/c1-5-7-12(2)11-15(3,16)13-8-6-9-14(10-13)17-4/h6,8-10,12H,5,7,11,16H2,1-4H3. The maximum atomic E-state index is 6.44. The second-order valence-corrected chi connectivity index (χ2v) is 5.25. The van der Waals surface area contributed by atoms with E-state index in [4.69, 9.17) is 10.5 Å². The van der Waals surface area contributed by atoms with Gasteiger partial charge in [0.1, 0.15) is 5.75 Å². The van der Waals surface area contributed by atoms with E-state index >= 15 is 0 Å².